The Morgan fingerprint density at radius 3 is 2.41 bits per heavy atom. The lowest BCUT2D eigenvalue weighted by molar-refractivity contribution is -0.00433. The van der Waals surface area contributed by atoms with E-state index in [1.54, 1.807) is 25.3 Å². The van der Waals surface area contributed by atoms with E-state index in [0.29, 0.717) is 49.9 Å². The van der Waals surface area contributed by atoms with Crippen molar-refractivity contribution in [2.75, 3.05) is 50.2 Å². The molecule has 3 unspecified atom stereocenters. The zero-order chi connectivity index (χ0) is 31.9. The van der Waals surface area contributed by atoms with Crippen LogP contribution in [0.2, 0.25) is 0 Å². The average molecular weight is 616 g/mol. The van der Waals surface area contributed by atoms with E-state index >= 15 is 0 Å². The molecule has 4 rings (SSSR count). The number of amides is 1. The summed E-state index contributed by atoms with van der Waals surface area (Å²) in [5.74, 6) is 0.0203. The van der Waals surface area contributed by atoms with Crippen molar-refractivity contribution in [1.82, 2.24) is 5.32 Å². The predicted molar refractivity (Wildman–Crippen MR) is 171 cm³/mol. The lowest BCUT2D eigenvalue weighted by Crippen LogP contribution is -2.53. The molecular formula is C34H50FN3O6. The molecule has 244 valence electrons. The molecule has 2 aromatic carbocycles. The molecule has 1 saturated heterocycles. The van der Waals surface area contributed by atoms with E-state index in [2.05, 4.69) is 31.4 Å². The van der Waals surface area contributed by atoms with Gasteiger partial charge in [0.25, 0.3) is 10.9 Å². The van der Waals surface area contributed by atoms with Crippen molar-refractivity contribution in [1.29, 1.82) is 0 Å². The fourth-order valence-electron chi connectivity index (χ4n) is 7.66. The summed E-state index contributed by atoms with van der Waals surface area (Å²) in [6.45, 7) is 8.58. The number of benzene rings is 1. The first kappa shape index (κ1) is 33.9. The summed E-state index contributed by atoms with van der Waals surface area (Å²) in [5, 5.41) is 15.4. The highest BCUT2D eigenvalue weighted by Crippen LogP contribution is 2.43. The van der Waals surface area contributed by atoms with Gasteiger partial charge >= 0.3 is 6.09 Å². The molecule has 9 nitrogen and oxygen atoms in total. The largest absolute Gasteiger partial charge is 0.465 e. The van der Waals surface area contributed by atoms with Crippen LogP contribution < -0.4 is 26.4 Å². The van der Waals surface area contributed by atoms with Crippen LogP contribution in [0.1, 0.15) is 83.8 Å². The third-order valence-electron chi connectivity index (χ3n) is 9.48. The van der Waals surface area contributed by atoms with Gasteiger partial charge in [0.05, 0.1) is 6.10 Å². The molecule has 2 aliphatic rings. The first-order chi connectivity index (χ1) is 21.0. The average Bonchev–Trinajstić information content (AvgIpc) is 3.00. The predicted octanol–water partition coefficient (Wildman–Crippen LogP) is 5.72. The molecule has 1 saturated carbocycles. The molecule has 0 aromatic heterocycles. The van der Waals surface area contributed by atoms with Crippen molar-refractivity contribution in [3.8, 4) is 0 Å². The minimum Gasteiger partial charge on any atom is -0.465 e. The second-order valence-corrected chi connectivity index (χ2v) is 13.6. The number of piperidine rings is 1. The molecule has 0 radical (unpaired) electrons. The van der Waals surface area contributed by atoms with Gasteiger partial charge in [-0.15, -0.1) is 0 Å². The second-order valence-electron chi connectivity index (χ2n) is 13.6. The van der Waals surface area contributed by atoms with E-state index in [1.165, 1.54) is 12.5 Å². The number of halogens is 1. The Balaban J connectivity index is 1.60. The summed E-state index contributed by atoms with van der Waals surface area (Å²) in [6.07, 6.45) is 6.16. The monoisotopic (exact) mass is 615 g/mol. The van der Waals surface area contributed by atoms with E-state index in [1.807, 2.05) is 4.90 Å². The number of anilines is 2. The van der Waals surface area contributed by atoms with Gasteiger partial charge < -0.3 is 30.1 Å². The normalized spacial score (nSPS) is 20.3. The number of nitrogens with zero attached hydrogens (tertiary/aromatic N) is 1. The summed E-state index contributed by atoms with van der Waals surface area (Å²) in [5.41, 5.74) is -0.169. The number of nitrogens with one attached hydrogen (secondary N) is 2. The maximum absolute atomic E-state index is 15.0. The van der Waals surface area contributed by atoms with E-state index in [4.69, 9.17) is 9.47 Å². The summed E-state index contributed by atoms with van der Waals surface area (Å²) in [7, 11) is 1.63. The Kier molecular flexibility index (Phi) is 11.8. The van der Waals surface area contributed by atoms with Gasteiger partial charge in [-0.25, -0.2) is 9.18 Å². The Hall–Kier alpha value is -2.98. The van der Waals surface area contributed by atoms with Crippen LogP contribution in [-0.2, 0) is 9.47 Å². The van der Waals surface area contributed by atoms with Crippen LogP contribution in [0.15, 0.2) is 33.9 Å². The SMILES string of the molecule is COCCCOC(c1ccccc1F)C1CCCN(c2c(N[C@@H](CNC(=O)O)C(C3CCCCC3)C(C)(C)C)c(=O)c2=O)C1. The Morgan fingerprint density at radius 2 is 1.75 bits per heavy atom. The van der Waals surface area contributed by atoms with E-state index in [9.17, 15) is 23.9 Å². The Labute approximate surface area is 260 Å². The minimum absolute atomic E-state index is 0.0759. The summed E-state index contributed by atoms with van der Waals surface area (Å²) in [4.78, 5) is 39.8. The van der Waals surface area contributed by atoms with Crippen molar-refractivity contribution < 1.29 is 23.8 Å². The van der Waals surface area contributed by atoms with Crippen molar-refractivity contribution in [3.05, 3.63) is 56.1 Å². The fraction of sp³-hybridized carbons (Fsp3) is 0.676. The van der Waals surface area contributed by atoms with Gasteiger partial charge in [-0.1, -0.05) is 71.1 Å². The van der Waals surface area contributed by atoms with Crippen molar-refractivity contribution in [2.45, 2.75) is 84.3 Å². The first-order valence-electron chi connectivity index (χ1n) is 16.2. The molecule has 3 N–H and O–H groups in total. The number of carbonyl (C=O) groups is 1. The number of hydrogen-bond donors (Lipinski definition) is 3. The van der Waals surface area contributed by atoms with Crippen molar-refractivity contribution >= 4 is 17.5 Å². The van der Waals surface area contributed by atoms with Gasteiger partial charge in [0.2, 0.25) is 0 Å². The molecule has 44 heavy (non-hydrogen) atoms. The van der Waals surface area contributed by atoms with E-state index in [-0.39, 0.29) is 41.3 Å². The maximum Gasteiger partial charge on any atom is 0.404 e. The third-order valence-corrected chi connectivity index (χ3v) is 9.48. The highest BCUT2D eigenvalue weighted by atomic mass is 19.1. The second kappa shape index (κ2) is 15.3. The Morgan fingerprint density at radius 1 is 1.05 bits per heavy atom. The maximum atomic E-state index is 15.0. The van der Waals surface area contributed by atoms with Gasteiger partial charge in [-0.2, -0.15) is 0 Å². The molecule has 4 atom stereocenters. The van der Waals surface area contributed by atoms with Gasteiger partial charge in [0.15, 0.2) is 0 Å². The molecule has 1 heterocycles. The van der Waals surface area contributed by atoms with Crippen LogP contribution in [0.5, 0.6) is 0 Å². The quantitative estimate of drug-likeness (QED) is 0.182. The van der Waals surface area contributed by atoms with Crippen LogP contribution in [-0.4, -0.2) is 57.2 Å². The molecule has 0 bridgehead atoms. The smallest absolute Gasteiger partial charge is 0.404 e. The zero-order valence-electron chi connectivity index (χ0n) is 26.7. The van der Waals surface area contributed by atoms with Gasteiger partial charge in [-0.3, -0.25) is 9.59 Å². The lowest BCUT2D eigenvalue weighted by Gasteiger charge is -2.45. The summed E-state index contributed by atoms with van der Waals surface area (Å²) in [6, 6.07) is 6.27. The molecule has 10 heteroatoms. The van der Waals surface area contributed by atoms with E-state index < -0.39 is 23.1 Å². The molecule has 2 fully saturated rings. The molecule has 2 aromatic rings. The molecule has 1 aliphatic heterocycles. The zero-order valence-corrected chi connectivity index (χ0v) is 26.7. The Bertz CT molecular complexity index is 1300. The third kappa shape index (κ3) is 8.18. The van der Waals surface area contributed by atoms with Crippen molar-refractivity contribution in [3.63, 3.8) is 0 Å². The number of methoxy groups -OCH3 is 1. The highest BCUT2D eigenvalue weighted by molar-refractivity contribution is 5.76. The topological polar surface area (TPSA) is 117 Å². The molecular weight excluding hydrogens is 565 g/mol. The van der Waals surface area contributed by atoms with Crippen LogP contribution in [0, 0.1) is 29.0 Å². The van der Waals surface area contributed by atoms with Crippen LogP contribution in [0.3, 0.4) is 0 Å². The number of carboxylic acid groups (broad SMARTS) is 1. The standard InChI is InChI=1S/C34H50FN3O6/c1-34(2,3)27(22-12-6-5-7-13-22)26(20-36-33(41)42)37-28-29(31(40)30(28)39)38-17-10-14-23(21-38)32(44-19-11-18-43-4)24-15-8-9-16-25(24)35/h8-9,15-16,22-23,26-27,32,36-37H,5-7,10-14,17-21H2,1-4H3,(H,41,42)/t23?,26-,27?,32?/m0/s1. The number of hydrogen-bond acceptors (Lipinski definition) is 7. The van der Waals surface area contributed by atoms with Crippen LogP contribution in [0.25, 0.3) is 0 Å². The van der Waals surface area contributed by atoms with Crippen molar-refractivity contribution in [2.24, 2.45) is 23.2 Å². The van der Waals surface area contributed by atoms with Gasteiger partial charge in [0.1, 0.15) is 17.2 Å². The minimum atomic E-state index is -1.12. The highest BCUT2D eigenvalue weighted by Gasteiger charge is 2.41. The number of ether oxygens (including phenoxy) is 2. The number of rotatable bonds is 14. The van der Waals surface area contributed by atoms with Crippen LogP contribution in [0.4, 0.5) is 20.6 Å². The summed E-state index contributed by atoms with van der Waals surface area (Å²) >= 11 is 0. The first-order valence-corrected chi connectivity index (χ1v) is 16.2. The van der Waals surface area contributed by atoms with Gasteiger partial charge in [-0.05, 0) is 42.6 Å². The van der Waals surface area contributed by atoms with Gasteiger partial charge in [0, 0.05) is 57.5 Å². The molecule has 1 amide bonds. The lowest BCUT2D eigenvalue weighted by atomic mass is 9.65. The molecule has 1 aliphatic carbocycles. The summed E-state index contributed by atoms with van der Waals surface area (Å²) < 4.78 is 26.4. The van der Waals surface area contributed by atoms with Crippen LogP contribution >= 0.6 is 0 Å². The molecule has 0 spiro atoms. The fourth-order valence-corrected chi connectivity index (χ4v) is 7.66. The van der Waals surface area contributed by atoms with E-state index in [0.717, 1.165) is 38.5 Å².